The monoisotopic (exact) mass is 482 g/mol. The number of piperazine rings is 1. The molecule has 0 saturated carbocycles. The maximum absolute atomic E-state index is 13.1. The molecule has 0 unspecified atom stereocenters. The minimum Gasteiger partial charge on any atom is -0.339 e. The molecule has 1 fully saturated rings. The number of carbonyl (C=O) groups excluding carboxylic acids is 3. The summed E-state index contributed by atoms with van der Waals surface area (Å²) in [5, 5.41) is 0. The molecule has 0 aliphatic carbocycles. The first-order valence-corrected chi connectivity index (χ1v) is 12.3. The van der Waals surface area contributed by atoms with E-state index < -0.39 is 6.04 Å². The molecule has 36 heavy (non-hydrogen) atoms. The van der Waals surface area contributed by atoms with Crippen LogP contribution in [-0.2, 0) is 22.7 Å². The molecule has 5 rings (SSSR count). The average Bonchev–Trinajstić information content (AvgIpc) is 3.37. The lowest BCUT2D eigenvalue weighted by molar-refractivity contribution is -0.139. The number of rotatable bonds is 5. The fourth-order valence-corrected chi connectivity index (χ4v) is 4.93. The third-order valence-corrected chi connectivity index (χ3v) is 7.00. The second-order valence-corrected chi connectivity index (χ2v) is 9.39. The van der Waals surface area contributed by atoms with Crippen molar-refractivity contribution in [2.45, 2.75) is 25.6 Å². The van der Waals surface area contributed by atoms with E-state index in [0.29, 0.717) is 44.8 Å². The third-order valence-electron chi connectivity index (χ3n) is 7.00. The largest absolute Gasteiger partial charge is 0.339 e. The molecule has 7 nitrogen and oxygen atoms in total. The third kappa shape index (κ3) is 5.02. The van der Waals surface area contributed by atoms with Crippen molar-refractivity contribution in [3.8, 4) is 11.1 Å². The number of nitrogens with zero attached hydrogens (tertiary/aromatic N) is 3. The zero-order chi connectivity index (χ0) is 25.1. The Morgan fingerprint density at radius 3 is 1.94 bits per heavy atom. The Morgan fingerprint density at radius 2 is 1.28 bits per heavy atom. The van der Waals surface area contributed by atoms with E-state index >= 15 is 0 Å². The zero-order valence-electron chi connectivity index (χ0n) is 20.2. The van der Waals surface area contributed by atoms with Gasteiger partial charge in [0.2, 0.25) is 11.8 Å². The molecule has 3 aromatic rings. The molecular formula is C29H30N4O3. The van der Waals surface area contributed by atoms with Gasteiger partial charge in [-0.25, -0.2) is 0 Å². The lowest BCUT2D eigenvalue weighted by Crippen LogP contribution is -2.52. The number of carbonyl (C=O) groups is 3. The van der Waals surface area contributed by atoms with Gasteiger partial charge in [-0.15, -0.1) is 0 Å². The van der Waals surface area contributed by atoms with E-state index in [-0.39, 0.29) is 24.1 Å². The fourth-order valence-electron chi connectivity index (χ4n) is 4.93. The van der Waals surface area contributed by atoms with Crippen LogP contribution in [-0.4, -0.2) is 64.6 Å². The first-order chi connectivity index (χ1) is 17.5. The number of fused-ring (bicyclic) bond motifs is 1. The van der Waals surface area contributed by atoms with Gasteiger partial charge < -0.3 is 20.4 Å². The molecule has 2 N–H and O–H groups in total. The van der Waals surface area contributed by atoms with Gasteiger partial charge in [0.15, 0.2) is 0 Å². The summed E-state index contributed by atoms with van der Waals surface area (Å²) < 4.78 is 0. The summed E-state index contributed by atoms with van der Waals surface area (Å²) in [5.74, 6) is -0.391. The van der Waals surface area contributed by atoms with Crippen LogP contribution in [0.4, 0.5) is 0 Å². The predicted molar refractivity (Wildman–Crippen MR) is 138 cm³/mol. The van der Waals surface area contributed by atoms with Crippen LogP contribution in [0.15, 0.2) is 78.9 Å². The number of amides is 3. The van der Waals surface area contributed by atoms with Crippen LogP contribution >= 0.6 is 0 Å². The number of hydrogen-bond acceptors (Lipinski definition) is 4. The first kappa shape index (κ1) is 23.8. The average molecular weight is 483 g/mol. The Morgan fingerprint density at radius 1 is 0.694 bits per heavy atom. The van der Waals surface area contributed by atoms with Crippen LogP contribution in [0.2, 0.25) is 0 Å². The highest BCUT2D eigenvalue weighted by atomic mass is 16.2. The highest BCUT2D eigenvalue weighted by molar-refractivity contribution is 5.96. The van der Waals surface area contributed by atoms with Gasteiger partial charge in [0.05, 0.1) is 12.5 Å². The summed E-state index contributed by atoms with van der Waals surface area (Å²) >= 11 is 0. The van der Waals surface area contributed by atoms with E-state index in [4.69, 9.17) is 5.73 Å². The summed E-state index contributed by atoms with van der Waals surface area (Å²) in [5.41, 5.74) is 11.1. The van der Waals surface area contributed by atoms with Gasteiger partial charge in [0.25, 0.3) is 5.91 Å². The van der Waals surface area contributed by atoms with Crippen LogP contribution < -0.4 is 5.73 Å². The van der Waals surface area contributed by atoms with Gasteiger partial charge in [0, 0.05) is 44.8 Å². The van der Waals surface area contributed by atoms with Gasteiger partial charge in [-0.3, -0.25) is 14.4 Å². The Bertz CT molecular complexity index is 1240. The minimum absolute atomic E-state index is 0.0290. The summed E-state index contributed by atoms with van der Waals surface area (Å²) in [4.78, 5) is 44.0. The van der Waals surface area contributed by atoms with E-state index in [9.17, 15) is 14.4 Å². The van der Waals surface area contributed by atoms with Gasteiger partial charge in [-0.2, -0.15) is 0 Å². The van der Waals surface area contributed by atoms with E-state index in [1.54, 1.807) is 14.7 Å². The molecule has 1 atom stereocenters. The van der Waals surface area contributed by atoms with E-state index in [1.165, 1.54) is 0 Å². The maximum atomic E-state index is 13.1. The van der Waals surface area contributed by atoms with Crippen molar-refractivity contribution in [2.75, 3.05) is 26.2 Å². The Hall–Kier alpha value is -3.97. The van der Waals surface area contributed by atoms with Gasteiger partial charge in [0.1, 0.15) is 0 Å². The van der Waals surface area contributed by atoms with Crippen LogP contribution in [0, 0.1) is 0 Å². The summed E-state index contributed by atoms with van der Waals surface area (Å²) in [6.45, 7) is 2.82. The molecule has 7 heteroatoms. The Balaban J connectivity index is 1.13. The summed E-state index contributed by atoms with van der Waals surface area (Å²) in [6.07, 6.45) is -0.0290. The van der Waals surface area contributed by atoms with Crippen LogP contribution in [0.1, 0.15) is 27.9 Å². The zero-order valence-corrected chi connectivity index (χ0v) is 20.2. The molecule has 184 valence electrons. The molecule has 0 aromatic heterocycles. The molecule has 1 saturated heterocycles. The quantitative estimate of drug-likeness (QED) is 0.606. The van der Waals surface area contributed by atoms with Crippen molar-refractivity contribution < 1.29 is 14.4 Å². The normalized spacial score (nSPS) is 16.0. The van der Waals surface area contributed by atoms with Crippen molar-refractivity contribution >= 4 is 17.7 Å². The molecule has 3 aromatic carbocycles. The smallest absolute Gasteiger partial charge is 0.253 e. The van der Waals surface area contributed by atoms with E-state index in [1.807, 2.05) is 78.9 Å². The van der Waals surface area contributed by atoms with Crippen molar-refractivity contribution in [3.05, 3.63) is 95.6 Å². The predicted octanol–water partition coefficient (Wildman–Crippen LogP) is 2.90. The summed E-state index contributed by atoms with van der Waals surface area (Å²) in [7, 11) is 0. The molecule has 2 heterocycles. The molecule has 3 amide bonds. The second kappa shape index (κ2) is 10.3. The fraction of sp³-hybridized carbons (Fsp3) is 0.276. The van der Waals surface area contributed by atoms with E-state index in [2.05, 4.69) is 0 Å². The highest BCUT2D eigenvalue weighted by Gasteiger charge is 2.31. The molecule has 0 radical (unpaired) electrons. The van der Waals surface area contributed by atoms with E-state index in [0.717, 1.165) is 22.3 Å². The molecule has 2 aliphatic heterocycles. The SMILES string of the molecule is N[C@@H](CC(=O)N1CCN(C(=O)c2cccc(-c3ccccc3)c2)CC1)C(=O)N1Cc2ccccc2C1. The number of nitrogens with two attached hydrogens (primary N) is 1. The van der Waals surface area contributed by atoms with Crippen molar-refractivity contribution in [2.24, 2.45) is 5.73 Å². The second-order valence-electron chi connectivity index (χ2n) is 9.39. The maximum Gasteiger partial charge on any atom is 0.253 e. The van der Waals surface area contributed by atoms with Crippen LogP contribution in [0.5, 0.6) is 0 Å². The van der Waals surface area contributed by atoms with Crippen molar-refractivity contribution in [1.29, 1.82) is 0 Å². The molecule has 2 aliphatic rings. The minimum atomic E-state index is -0.868. The Labute approximate surface area is 211 Å². The standard InChI is InChI=1S/C29H30N4O3/c30-26(29(36)33-19-24-9-4-5-10-25(24)20-33)18-27(34)31-13-15-32(16-14-31)28(35)23-12-6-11-22(17-23)21-7-2-1-3-8-21/h1-12,17,26H,13-16,18-20,30H2/t26-/m0/s1. The summed E-state index contributed by atoms with van der Waals surface area (Å²) in [6, 6.07) is 24.7. The molecule has 0 spiro atoms. The Kier molecular flexibility index (Phi) is 6.82. The van der Waals surface area contributed by atoms with Crippen LogP contribution in [0.3, 0.4) is 0 Å². The highest BCUT2D eigenvalue weighted by Crippen LogP contribution is 2.24. The first-order valence-electron chi connectivity index (χ1n) is 12.3. The van der Waals surface area contributed by atoms with Gasteiger partial charge >= 0.3 is 0 Å². The lowest BCUT2D eigenvalue weighted by Gasteiger charge is -2.35. The van der Waals surface area contributed by atoms with Gasteiger partial charge in [-0.1, -0.05) is 66.7 Å². The number of benzene rings is 3. The molecular weight excluding hydrogens is 452 g/mol. The topological polar surface area (TPSA) is 87.0 Å². The van der Waals surface area contributed by atoms with Gasteiger partial charge in [-0.05, 0) is 34.4 Å². The number of hydrogen-bond donors (Lipinski definition) is 1. The molecule has 0 bridgehead atoms. The van der Waals surface area contributed by atoms with Crippen LogP contribution in [0.25, 0.3) is 11.1 Å². The van der Waals surface area contributed by atoms with Crippen molar-refractivity contribution in [1.82, 2.24) is 14.7 Å². The lowest BCUT2D eigenvalue weighted by atomic mass is 10.0. The van der Waals surface area contributed by atoms with Crippen molar-refractivity contribution in [3.63, 3.8) is 0 Å².